The summed E-state index contributed by atoms with van der Waals surface area (Å²) < 4.78 is 5.24. The van der Waals surface area contributed by atoms with Crippen LogP contribution in [0.3, 0.4) is 0 Å². The highest BCUT2D eigenvalue weighted by Crippen LogP contribution is 2.27. The molecule has 2 heterocycles. The van der Waals surface area contributed by atoms with Gasteiger partial charge in [-0.15, -0.1) is 0 Å². The molecule has 0 saturated heterocycles. The highest BCUT2D eigenvalue weighted by atomic mass is 16.4. The number of hydrogen-bond acceptors (Lipinski definition) is 4. The molecule has 144 valence electrons. The SMILES string of the molecule is O=C(Nc1ccc2c3c(c(=O)[nH]c2c1)CCCC3)c1cc2ccccc2oc1=O. The van der Waals surface area contributed by atoms with E-state index in [0.29, 0.717) is 22.2 Å². The molecule has 0 fully saturated rings. The molecule has 0 bridgehead atoms. The van der Waals surface area contributed by atoms with Crippen molar-refractivity contribution in [3.63, 3.8) is 0 Å². The van der Waals surface area contributed by atoms with Gasteiger partial charge in [0.2, 0.25) is 0 Å². The van der Waals surface area contributed by atoms with Crippen LogP contribution in [0.2, 0.25) is 0 Å². The van der Waals surface area contributed by atoms with Gasteiger partial charge < -0.3 is 14.7 Å². The monoisotopic (exact) mass is 386 g/mol. The van der Waals surface area contributed by atoms with Crippen molar-refractivity contribution in [2.45, 2.75) is 25.7 Å². The first-order valence-corrected chi connectivity index (χ1v) is 9.62. The standard InChI is InChI=1S/C23H18N2O4/c26-21-17-7-3-2-6-15(17)16-10-9-14(12-19(16)25-21)24-22(27)18-11-13-5-1-4-8-20(13)29-23(18)28/h1,4-5,8-12H,2-3,6-7H2,(H,24,27)(H,25,26). The number of carbonyl (C=O) groups is 1. The lowest BCUT2D eigenvalue weighted by atomic mass is 9.90. The maximum absolute atomic E-state index is 12.7. The van der Waals surface area contributed by atoms with Gasteiger partial charge in [0.1, 0.15) is 11.1 Å². The van der Waals surface area contributed by atoms with Crippen LogP contribution in [-0.4, -0.2) is 10.9 Å². The van der Waals surface area contributed by atoms with E-state index in [2.05, 4.69) is 10.3 Å². The minimum absolute atomic E-state index is 0.0640. The van der Waals surface area contributed by atoms with Gasteiger partial charge in [0.05, 0.1) is 5.52 Å². The van der Waals surface area contributed by atoms with Gasteiger partial charge in [0.15, 0.2) is 0 Å². The lowest BCUT2D eigenvalue weighted by molar-refractivity contribution is 0.102. The molecule has 2 aromatic carbocycles. The van der Waals surface area contributed by atoms with Crippen LogP contribution in [0.5, 0.6) is 0 Å². The molecule has 5 rings (SSSR count). The molecule has 29 heavy (non-hydrogen) atoms. The summed E-state index contributed by atoms with van der Waals surface area (Å²) in [7, 11) is 0. The van der Waals surface area contributed by atoms with Crippen molar-refractivity contribution in [2.24, 2.45) is 0 Å². The van der Waals surface area contributed by atoms with Gasteiger partial charge in [-0.3, -0.25) is 9.59 Å². The first kappa shape index (κ1) is 17.4. The lowest BCUT2D eigenvalue weighted by Gasteiger charge is -2.17. The number of benzene rings is 2. The molecule has 0 spiro atoms. The molecule has 6 heteroatoms. The van der Waals surface area contributed by atoms with Gasteiger partial charge in [-0.1, -0.05) is 24.3 Å². The van der Waals surface area contributed by atoms with Crippen molar-refractivity contribution in [2.75, 3.05) is 5.32 Å². The number of amides is 1. The zero-order chi connectivity index (χ0) is 20.0. The topological polar surface area (TPSA) is 92.2 Å². The Bertz CT molecular complexity index is 1400. The normalized spacial score (nSPS) is 13.4. The maximum atomic E-state index is 12.7. The molecule has 1 aliphatic carbocycles. The molecule has 2 N–H and O–H groups in total. The van der Waals surface area contributed by atoms with Gasteiger partial charge in [-0.05, 0) is 55.5 Å². The fourth-order valence-electron chi connectivity index (χ4n) is 4.06. The van der Waals surface area contributed by atoms with Crippen LogP contribution < -0.4 is 16.5 Å². The Kier molecular flexibility index (Phi) is 4.05. The number of para-hydroxylation sites is 1. The van der Waals surface area contributed by atoms with E-state index in [4.69, 9.17) is 4.42 Å². The largest absolute Gasteiger partial charge is 0.422 e. The van der Waals surface area contributed by atoms with Crippen LogP contribution in [0, 0.1) is 0 Å². The molecule has 0 atom stereocenters. The molecule has 1 amide bonds. The van der Waals surface area contributed by atoms with Gasteiger partial charge in [0, 0.05) is 22.0 Å². The third-order valence-electron chi connectivity index (χ3n) is 5.48. The van der Waals surface area contributed by atoms with E-state index in [9.17, 15) is 14.4 Å². The second-order valence-electron chi connectivity index (χ2n) is 7.32. The second-order valence-corrected chi connectivity index (χ2v) is 7.32. The summed E-state index contributed by atoms with van der Waals surface area (Å²) in [5.41, 5.74) is 2.76. The van der Waals surface area contributed by atoms with E-state index in [1.165, 1.54) is 6.07 Å². The van der Waals surface area contributed by atoms with E-state index in [1.807, 2.05) is 12.1 Å². The highest BCUT2D eigenvalue weighted by molar-refractivity contribution is 6.06. The molecule has 0 radical (unpaired) electrons. The van der Waals surface area contributed by atoms with Crippen LogP contribution in [0.4, 0.5) is 5.69 Å². The molecular formula is C23H18N2O4. The smallest absolute Gasteiger partial charge is 0.349 e. The van der Waals surface area contributed by atoms with Crippen LogP contribution in [0.25, 0.3) is 21.9 Å². The third kappa shape index (κ3) is 3.02. The number of nitrogens with one attached hydrogen (secondary N) is 2. The summed E-state index contributed by atoms with van der Waals surface area (Å²) in [5.74, 6) is -0.552. The number of anilines is 1. The number of aromatic amines is 1. The maximum Gasteiger partial charge on any atom is 0.349 e. The van der Waals surface area contributed by atoms with Gasteiger partial charge in [-0.2, -0.15) is 0 Å². The number of pyridine rings is 1. The Labute approximate surface area is 165 Å². The van der Waals surface area contributed by atoms with Gasteiger partial charge in [-0.25, -0.2) is 4.79 Å². The fraction of sp³-hybridized carbons (Fsp3) is 0.174. The fourth-order valence-corrected chi connectivity index (χ4v) is 4.06. The molecule has 0 unspecified atom stereocenters. The lowest BCUT2D eigenvalue weighted by Crippen LogP contribution is -2.21. The molecule has 0 saturated carbocycles. The third-order valence-corrected chi connectivity index (χ3v) is 5.48. The summed E-state index contributed by atoms with van der Waals surface area (Å²) in [6.45, 7) is 0. The van der Waals surface area contributed by atoms with Crippen LogP contribution in [-0.2, 0) is 12.8 Å². The van der Waals surface area contributed by atoms with Crippen molar-refractivity contribution >= 4 is 33.5 Å². The molecule has 2 aromatic heterocycles. The summed E-state index contributed by atoms with van der Waals surface area (Å²) in [6.07, 6.45) is 3.79. The molecule has 1 aliphatic rings. The first-order valence-electron chi connectivity index (χ1n) is 9.62. The van der Waals surface area contributed by atoms with Crippen molar-refractivity contribution in [3.8, 4) is 0 Å². The average Bonchev–Trinajstić information content (AvgIpc) is 2.73. The number of fused-ring (bicyclic) bond motifs is 4. The van der Waals surface area contributed by atoms with Gasteiger partial charge >= 0.3 is 5.63 Å². The van der Waals surface area contributed by atoms with Crippen molar-refractivity contribution in [1.82, 2.24) is 4.98 Å². The first-order chi connectivity index (χ1) is 14.1. The highest BCUT2D eigenvalue weighted by Gasteiger charge is 2.18. The predicted molar refractivity (Wildman–Crippen MR) is 112 cm³/mol. The van der Waals surface area contributed by atoms with E-state index in [1.54, 1.807) is 30.3 Å². The van der Waals surface area contributed by atoms with Crippen LogP contribution in [0.15, 0.2) is 62.5 Å². The van der Waals surface area contributed by atoms with E-state index < -0.39 is 11.5 Å². The number of carbonyl (C=O) groups excluding carboxylic acids is 1. The molecule has 4 aromatic rings. The van der Waals surface area contributed by atoms with Crippen molar-refractivity contribution in [3.05, 3.63) is 86.0 Å². The number of hydrogen-bond donors (Lipinski definition) is 2. The minimum Gasteiger partial charge on any atom is -0.422 e. The summed E-state index contributed by atoms with van der Waals surface area (Å²) in [4.78, 5) is 40.2. The molecule has 6 nitrogen and oxygen atoms in total. The Morgan fingerprint density at radius 3 is 2.62 bits per heavy atom. The zero-order valence-corrected chi connectivity index (χ0v) is 15.6. The van der Waals surface area contributed by atoms with Crippen LogP contribution in [0.1, 0.15) is 34.3 Å². The number of rotatable bonds is 2. The summed E-state index contributed by atoms with van der Waals surface area (Å²) in [6, 6.07) is 14.0. The quantitative estimate of drug-likeness (QED) is 0.513. The van der Waals surface area contributed by atoms with Crippen molar-refractivity contribution < 1.29 is 9.21 Å². The van der Waals surface area contributed by atoms with Crippen LogP contribution >= 0.6 is 0 Å². The average molecular weight is 386 g/mol. The van der Waals surface area contributed by atoms with E-state index >= 15 is 0 Å². The summed E-state index contributed by atoms with van der Waals surface area (Å²) >= 11 is 0. The molecule has 0 aliphatic heterocycles. The summed E-state index contributed by atoms with van der Waals surface area (Å²) in [5, 5.41) is 4.41. The Morgan fingerprint density at radius 1 is 0.966 bits per heavy atom. The number of aromatic nitrogens is 1. The minimum atomic E-state index is -0.690. The number of aryl methyl sites for hydroxylation is 1. The predicted octanol–water partition coefficient (Wildman–Crippen LogP) is 3.77. The zero-order valence-electron chi connectivity index (χ0n) is 15.6. The number of H-pyrrole nitrogens is 1. The van der Waals surface area contributed by atoms with E-state index in [-0.39, 0.29) is 11.1 Å². The van der Waals surface area contributed by atoms with Gasteiger partial charge in [0.25, 0.3) is 11.5 Å². The Morgan fingerprint density at radius 2 is 1.76 bits per heavy atom. The second kappa shape index (κ2) is 6.74. The van der Waals surface area contributed by atoms with Crippen molar-refractivity contribution in [1.29, 1.82) is 0 Å². The Balaban J connectivity index is 1.52. The van der Waals surface area contributed by atoms with E-state index in [0.717, 1.165) is 42.2 Å². The molecular weight excluding hydrogens is 368 g/mol. The Hall–Kier alpha value is -3.67.